The maximum absolute atomic E-state index is 11.6. The van der Waals surface area contributed by atoms with Crippen LogP contribution in [0, 0.1) is 0 Å². The molecule has 1 aromatic carbocycles. The van der Waals surface area contributed by atoms with E-state index in [0.717, 1.165) is 0 Å². The van der Waals surface area contributed by atoms with Crippen LogP contribution in [0.25, 0.3) is 0 Å². The van der Waals surface area contributed by atoms with Crippen LogP contribution in [0.1, 0.15) is 29.3 Å². The number of rotatable bonds is 5. The van der Waals surface area contributed by atoms with Crippen LogP contribution in [0.4, 0.5) is 5.69 Å². The zero-order valence-corrected chi connectivity index (χ0v) is 13.5. The number of aromatic hydroxyl groups is 1. The van der Waals surface area contributed by atoms with Crippen molar-refractivity contribution in [1.29, 1.82) is 0 Å². The Morgan fingerprint density at radius 2 is 2.15 bits per heavy atom. The molecule has 0 atom stereocenters. The van der Waals surface area contributed by atoms with Gasteiger partial charge in [-0.1, -0.05) is 27.5 Å². The first kappa shape index (κ1) is 16.8. The Morgan fingerprint density at radius 1 is 1.50 bits per heavy atom. The predicted molar refractivity (Wildman–Crippen MR) is 80.9 cm³/mol. The smallest absolute Gasteiger partial charge is 0.341 e. The van der Waals surface area contributed by atoms with Crippen LogP contribution < -0.4 is 5.32 Å². The maximum atomic E-state index is 11.6. The van der Waals surface area contributed by atoms with Crippen LogP contribution in [0.2, 0.25) is 5.02 Å². The molecule has 0 aliphatic rings. The van der Waals surface area contributed by atoms with Gasteiger partial charge in [-0.05, 0) is 18.9 Å². The molecule has 0 bridgehead atoms. The third-order valence-corrected chi connectivity index (χ3v) is 3.48. The second-order valence-electron chi connectivity index (χ2n) is 4.07. The van der Waals surface area contributed by atoms with Crippen LogP contribution in [-0.4, -0.2) is 29.4 Å². The number of phenols is 1. The molecule has 0 aliphatic carbocycles. The molecule has 0 heterocycles. The fourth-order valence-corrected chi connectivity index (χ4v) is 2.31. The van der Waals surface area contributed by atoms with Crippen LogP contribution in [0.15, 0.2) is 6.07 Å². The molecule has 0 aliphatic heterocycles. The van der Waals surface area contributed by atoms with Crippen molar-refractivity contribution in [2.75, 3.05) is 17.8 Å². The Kier molecular flexibility index (Phi) is 6.29. The topological polar surface area (TPSA) is 75.6 Å². The first-order chi connectivity index (χ1) is 9.42. The van der Waals surface area contributed by atoms with Crippen molar-refractivity contribution in [1.82, 2.24) is 0 Å². The summed E-state index contributed by atoms with van der Waals surface area (Å²) < 4.78 is 4.60. The molecule has 0 spiro atoms. The minimum Gasteiger partial charge on any atom is -0.507 e. The van der Waals surface area contributed by atoms with Crippen molar-refractivity contribution in [2.45, 2.75) is 19.8 Å². The van der Waals surface area contributed by atoms with Gasteiger partial charge < -0.3 is 15.2 Å². The Labute approximate surface area is 130 Å². The molecule has 0 saturated carbocycles. The van der Waals surface area contributed by atoms with Gasteiger partial charge in [-0.2, -0.15) is 0 Å². The highest BCUT2D eigenvalue weighted by atomic mass is 79.9. The van der Waals surface area contributed by atoms with E-state index in [0.29, 0.717) is 29.4 Å². The number of hydrogen-bond acceptors (Lipinski definition) is 4. The second-order valence-corrected chi connectivity index (χ2v) is 5.27. The highest BCUT2D eigenvalue weighted by molar-refractivity contribution is 9.09. The van der Waals surface area contributed by atoms with Gasteiger partial charge in [0, 0.05) is 17.8 Å². The third-order valence-electron chi connectivity index (χ3n) is 2.62. The Bertz CT molecular complexity index is 534. The lowest BCUT2D eigenvalue weighted by Crippen LogP contribution is -2.11. The first-order valence-corrected chi connectivity index (χ1v) is 7.38. The number of alkyl halides is 1. The number of benzene rings is 1. The minimum absolute atomic E-state index is 0.0174. The number of halogens is 2. The summed E-state index contributed by atoms with van der Waals surface area (Å²) in [6, 6.07) is 1.28. The number of phenolic OH excluding ortho intramolecular Hbond substituents is 1. The Hall–Kier alpha value is -1.27. The lowest BCUT2D eigenvalue weighted by Gasteiger charge is -2.16. The van der Waals surface area contributed by atoms with Crippen LogP contribution in [-0.2, 0) is 16.0 Å². The van der Waals surface area contributed by atoms with Crippen molar-refractivity contribution in [2.24, 2.45) is 0 Å². The number of carbonyl (C=O) groups excluding carboxylic acids is 2. The molecule has 1 amide bonds. The molecule has 7 heteroatoms. The Balaban J connectivity index is 3.40. The molecule has 1 aromatic rings. The molecular formula is C13H15BrClNO4. The fraction of sp³-hybridized carbons (Fsp3) is 0.385. The summed E-state index contributed by atoms with van der Waals surface area (Å²) in [7, 11) is 1.22. The average molecular weight is 365 g/mol. The van der Waals surface area contributed by atoms with Crippen molar-refractivity contribution < 1.29 is 19.4 Å². The van der Waals surface area contributed by atoms with E-state index in [9.17, 15) is 14.7 Å². The monoisotopic (exact) mass is 363 g/mol. The number of hydrogen-bond donors (Lipinski definition) is 2. The lowest BCUT2D eigenvalue weighted by molar-refractivity contribution is -0.114. The summed E-state index contributed by atoms with van der Waals surface area (Å²) in [4.78, 5) is 22.8. The van der Waals surface area contributed by atoms with E-state index in [1.54, 1.807) is 0 Å². The summed E-state index contributed by atoms with van der Waals surface area (Å²) in [6.07, 6.45) is 1.17. The SMILES string of the molecule is COC(=O)c1cc(Cl)c(NC(C)=O)c(CCCBr)c1O. The first-order valence-electron chi connectivity index (χ1n) is 5.88. The van der Waals surface area contributed by atoms with Crippen molar-refractivity contribution in [3.8, 4) is 5.75 Å². The highest BCUT2D eigenvalue weighted by Gasteiger charge is 2.21. The normalized spacial score (nSPS) is 10.2. The molecule has 110 valence electrons. The number of nitrogens with one attached hydrogen (secondary N) is 1. The van der Waals surface area contributed by atoms with Gasteiger partial charge in [-0.15, -0.1) is 0 Å². The van der Waals surface area contributed by atoms with Crippen molar-refractivity contribution in [3.05, 3.63) is 22.2 Å². The van der Waals surface area contributed by atoms with E-state index in [1.807, 2.05) is 0 Å². The molecule has 0 fully saturated rings. The van der Waals surface area contributed by atoms with Gasteiger partial charge in [0.2, 0.25) is 5.91 Å². The number of esters is 1. The average Bonchev–Trinajstić information content (AvgIpc) is 2.40. The molecule has 1 rings (SSSR count). The summed E-state index contributed by atoms with van der Waals surface area (Å²) in [5.74, 6) is -1.21. The van der Waals surface area contributed by atoms with E-state index in [4.69, 9.17) is 11.6 Å². The zero-order chi connectivity index (χ0) is 15.3. The fourth-order valence-electron chi connectivity index (χ4n) is 1.76. The molecule has 0 aromatic heterocycles. The second kappa shape index (κ2) is 7.50. The standard InChI is InChI=1S/C13H15BrClNO4/c1-7(17)16-11-8(4-3-5-14)12(18)9(6-10(11)15)13(19)20-2/h6,18H,3-5H2,1-2H3,(H,16,17). The summed E-state index contributed by atoms with van der Waals surface area (Å²) in [5.41, 5.74) is 0.731. The van der Waals surface area contributed by atoms with E-state index < -0.39 is 5.97 Å². The summed E-state index contributed by atoms with van der Waals surface area (Å²) in [6.45, 7) is 1.34. The number of ether oxygens (including phenoxy) is 1. The molecule has 0 unspecified atom stereocenters. The van der Waals surface area contributed by atoms with Gasteiger partial charge in [0.05, 0.1) is 17.8 Å². The summed E-state index contributed by atoms with van der Waals surface area (Å²) >= 11 is 9.38. The highest BCUT2D eigenvalue weighted by Crippen LogP contribution is 2.37. The predicted octanol–water partition coefficient (Wildman–Crippen LogP) is 3.12. The molecule has 20 heavy (non-hydrogen) atoms. The van der Waals surface area contributed by atoms with Gasteiger partial charge in [0.25, 0.3) is 0 Å². The number of amides is 1. The van der Waals surface area contributed by atoms with Crippen molar-refractivity contribution in [3.63, 3.8) is 0 Å². The molecular weight excluding hydrogens is 350 g/mol. The maximum Gasteiger partial charge on any atom is 0.341 e. The van der Waals surface area contributed by atoms with Gasteiger partial charge in [-0.3, -0.25) is 4.79 Å². The zero-order valence-electron chi connectivity index (χ0n) is 11.1. The molecule has 0 saturated heterocycles. The molecule has 2 N–H and O–H groups in total. The van der Waals surface area contributed by atoms with E-state index in [-0.39, 0.29) is 22.2 Å². The summed E-state index contributed by atoms with van der Waals surface area (Å²) in [5, 5.41) is 13.7. The largest absolute Gasteiger partial charge is 0.507 e. The lowest BCUT2D eigenvalue weighted by atomic mass is 10.0. The quantitative estimate of drug-likeness (QED) is 0.622. The van der Waals surface area contributed by atoms with Gasteiger partial charge in [0.15, 0.2) is 0 Å². The Morgan fingerprint density at radius 3 is 2.65 bits per heavy atom. The van der Waals surface area contributed by atoms with Gasteiger partial charge in [0.1, 0.15) is 11.3 Å². The van der Waals surface area contributed by atoms with E-state index in [2.05, 4.69) is 26.0 Å². The molecule has 5 nitrogen and oxygen atoms in total. The minimum atomic E-state index is -0.682. The van der Waals surface area contributed by atoms with Gasteiger partial charge >= 0.3 is 5.97 Å². The number of methoxy groups -OCH3 is 1. The third kappa shape index (κ3) is 3.86. The molecule has 0 radical (unpaired) electrons. The van der Waals surface area contributed by atoms with Gasteiger partial charge in [-0.25, -0.2) is 4.79 Å². The van der Waals surface area contributed by atoms with E-state index >= 15 is 0 Å². The van der Waals surface area contributed by atoms with E-state index in [1.165, 1.54) is 20.1 Å². The van der Waals surface area contributed by atoms with Crippen LogP contribution >= 0.6 is 27.5 Å². The number of anilines is 1. The van der Waals surface area contributed by atoms with Crippen LogP contribution in [0.5, 0.6) is 5.75 Å². The number of carbonyl (C=O) groups is 2. The van der Waals surface area contributed by atoms with Crippen LogP contribution in [0.3, 0.4) is 0 Å². The van der Waals surface area contributed by atoms with Crippen molar-refractivity contribution >= 4 is 45.1 Å².